The summed E-state index contributed by atoms with van der Waals surface area (Å²) in [5, 5.41) is -0.283. The highest BCUT2D eigenvalue weighted by Gasteiger charge is 2.27. The van der Waals surface area contributed by atoms with Crippen molar-refractivity contribution in [2.24, 2.45) is 0 Å². The molecule has 0 aliphatic rings. The van der Waals surface area contributed by atoms with Crippen LogP contribution in [0.15, 0.2) is 18.2 Å². The molecule has 0 heterocycles. The molecule has 0 aromatic heterocycles. The lowest BCUT2D eigenvalue weighted by Crippen LogP contribution is -2.15. The maximum Gasteiger partial charge on any atom is 0.248 e. The van der Waals surface area contributed by atoms with Gasteiger partial charge in [-0.2, -0.15) is 0 Å². The van der Waals surface area contributed by atoms with Gasteiger partial charge in [0.2, 0.25) is 5.69 Å². The van der Waals surface area contributed by atoms with E-state index in [2.05, 4.69) is 0 Å². The summed E-state index contributed by atoms with van der Waals surface area (Å²) >= 11 is 6.83. The largest absolute Gasteiger partial charge is 0.322 e. The van der Waals surface area contributed by atoms with Crippen LogP contribution in [0.3, 0.4) is 0 Å². The second-order valence-electron chi connectivity index (χ2n) is 4.71. The van der Waals surface area contributed by atoms with E-state index in [-0.39, 0.29) is 11.0 Å². The summed E-state index contributed by atoms with van der Waals surface area (Å²) in [6.45, 7) is 10.6. The summed E-state index contributed by atoms with van der Waals surface area (Å²) in [6, 6.07) is 5.91. The maximum absolute atomic E-state index is 12.6. The van der Waals surface area contributed by atoms with Crippen LogP contribution in [0.25, 0.3) is 0 Å². The van der Waals surface area contributed by atoms with Crippen molar-refractivity contribution in [1.82, 2.24) is 0 Å². The Labute approximate surface area is 136 Å². The molecule has 1 atom stereocenters. The molecule has 1 aromatic rings. The number of rotatable bonds is 8. The fraction of sp³-hybridized carbons (Fsp3) is 0.533. The Morgan fingerprint density at radius 3 is 2.38 bits per heavy atom. The van der Waals surface area contributed by atoms with Crippen molar-refractivity contribution in [2.75, 3.05) is 13.2 Å². The first-order chi connectivity index (χ1) is 9.83. The van der Waals surface area contributed by atoms with Crippen molar-refractivity contribution in [3.05, 3.63) is 34.9 Å². The molecule has 0 fully saturated rings. The lowest BCUT2D eigenvalue weighted by Gasteiger charge is -2.23. The summed E-state index contributed by atoms with van der Waals surface area (Å²) < 4.78 is 11.2. The SMILES string of the molecule is CCOP(=S)(OCC)SC(C)C(=O)c1cc(C)ccc1C. The third-order valence-electron chi connectivity index (χ3n) is 2.89. The van der Waals surface area contributed by atoms with Crippen LogP contribution in [-0.4, -0.2) is 24.2 Å². The fourth-order valence-electron chi connectivity index (χ4n) is 1.88. The van der Waals surface area contributed by atoms with E-state index in [9.17, 15) is 4.79 Å². The molecule has 0 bridgehead atoms. The fourth-order valence-corrected chi connectivity index (χ4v) is 7.56. The second-order valence-corrected chi connectivity index (χ2v) is 11.3. The van der Waals surface area contributed by atoms with Crippen LogP contribution >= 0.6 is 17.1 Å². The van der Waals surface area contributed by atoms with Gasteiger partial charge in [-0.3, -0.25) is 4.79 Å². The third-order valence-corrected chi connectivity index (χ3v) is 8.59. The van der Waals surface area contributed by atoms with Crippen molar-refractivity contribution < 1.29 is 13.8 Å². The number of carbonyl (C=O) groups is 1. The highest BCUT2D eigenvalue weighted by Crippen LogP contribution is 2.62. The Bertz CT molecular complexity index is 536. The normalized spacial score (nSPS) is 13.2. The first-order valence-corrected chi connectivity index (χ1v) is 11.1. The molecular formula is C15H23O3PS2. The highest BCUT2D eigenvalue weighted by atomic mass is 32.9. The Morgan fingerprint density at radius 2 is 1.86 bits per heavy atom. The molecule has 0 saturated carbocycles. The van der Waals surface area contributed by atoms with E-state index in [1.54, 1.807) is 0 Å². The van der Waals surface area contributed by atoms with Gasteiger partial charge in [0.25, 0.3) is 0 Å². The average Bonchev–Trinajstić information content (AvgIpc) is 2.41. The number of hydrogen-bond donors (Lipinski definition) is 0. The van der Waals surface area contributed by atoms with E-state index < -0.39 is 5.69 Å². The molecule has 0 saturated heterocycles. The van der Waals surface area contributed by atoms with Crippen LogP contribution in [0.2, 0.25) is 0 Å². The predicted octanol–water partition coefficient (Wildman–Crippen LogP) is 4.91. The number of benzene rings is 1. The molecule has 0 N–H and O–H groups in total. The zero-order chi connectivity index (χ0) is 16.0. The van der Waals surface area contributed by atoms with Crippen LogP contribution in [0, 0.1) is 13.8 Å². The van der Waals surface area contributed by atoms with Gasteiger partial charge in [0, 0.05) is 5.56 Å². The molecule has 6 heteroatoms. The minimum atomic E-state index is -2.45. The molecule has 0 aliphatic carbocycles. The molecule has 118 valence electrons. The predicted molar refractivity (Wildman–Crippen MR) is 94.8 cm³/mol. The summed E-state index contributed by atoms with van der Waals surface area (Å²) in [7, 11) is 0. The smallest absolute Gasteiger partial charge is 0.248 e. The van der Waals surface area contributed by atoms with E-state index in [1.165, 1.54) is 11.4 Å². The first kappa shape index (κ1) is 18.9. The zero-order valence-corrected chi connectivity index (χ0v) is 15.7. The van der Waals surface area contributed by atoms with Crippen molar-refractivity contribution in [3.63, 3.8) is 0 Å². The van der Waals surface area contributed by atoms with Crippen LogP contribution in [0.5, 0.6) is 0 Å². The average molecular weight is 346 g/mol. The minimum Gasteiger partial charge on any atom is -0.322 e. The number of hydrogen-bond acceptors (Lipinski definition) is 5. The topological polar surface area (TPSA) is 35.5 Å². The van der Waals surface area contributed by atoms with E-state index in [0.717, 1.165) is 16.7 Å². The van der Waals surface area contributed by atoms with Crippen molar-refractivity contribution in [3.8, 4) is 0 Å². The van der Waals surface area contributed by atoms with Crippen LogP contribution < -0.4 is 0 Å². The maximum atomic E-state index is 12.6. The van der Waals surface area contributed by atoms with Crippen LogP contribution in [0.4, 0.5) is 0 Å². The molecule has 1 rings (SSSR count). The van der Waals surface area contributed by atoms with Gasteiger partial charge in [-0.05, 0) is 58.1 Å². The lowest BCUT2D eigenvalue weighted by molar-refractivity contribution is 0.0993. The van der Waals surface area contributed by atoms with E-state index in [1.807, 2.05) is 52.8 Å². The van der Waals surface area contributed by atoms with Gasteiger partial charge < -0.3 is 9.05 Å². The molecule has 0 spiro atoms. The van der Waals surface area contributed by atoms with Crippen molar-refractivity contribution in [1.29, 1.82) is 0 Å². The molecule has 1 unspecified atom stereocenters. The molecule has 1 aromatic carbocycles. The van der Waals surface area contributed by atoms with Gasteiger partial charge in [-0.1, -0.05) is 29.1 Å². The summed E-state index contributed by atoms with van der Waals surface area (Å²) in [5.41, 5.74) is 0.371. The molecule has 0 amide bonds. The Balaban J connectivity index is 2.91. The summed E-state index contributed by atoms with van der Waals surface area (Å²) in [6.07, 6.45) is 0. The van der Waals surface area contributed by atoms with Crippen molar-refractivity contribution >= 4 is 34.7 Å². The van der Waals surface area contributed by atoms with E-state index >= 15 is 0 Å². The second kappa shape index (κ2) is 8.44. The number of ketones is 1. The minimum absolute atomic E-state index is 0.0785. The standard InChI is InChI=1S/C15H23O3PS2/c1-6-17-19(20,18-7-2)21-13(5)15(16)14-10-11(3)8-9-12(14)4/h8-10,13H,6-7H2,1-5H3. The van der Waals surface area contributed by atoms with Gasteiger partial charge >= 0.3 is 0 Å². The van der Waals surface area contributed by atoms with Gasteiger partial charge in [-0.25, -0.2) is 0 Å². The van der Waals surface area contributed by atoms with Crippen LogP contribution in [-0.2, 0) is 20.9 Å². The zero-order valence-electron chi connectivity index (χ0n) is 13.2. The Kier molecular flexibility index (Phi) is 7.58. The van der Waals surface area contributed by atoms with E-state index in [4.69, 9.17) is 20.9 Å². The summed E-state index contributed by atoms with van der Waals surface area (Å²) in [5.74, 6) is 0.0785. The van der Waals surface area contributed by atoms with Gasteiger partial charge in [0.05, 0.1) is 18.5 Å². The number of aryl methyl sites for hydroxylation is 2. The lowest BCUT2D eigenvalue weighted by atomic mass is 10.0. The molecular weight excluding hydrogens is 323 g/mol. The molecule has 21 heavy (non-hydrogen) atoms. The van der Waals surface area contributed by atoms with Crippen LogP contribution in [0.1, 0.15) is 42.3 Å². The van der Waals surface area contributed by atoms with E-state index in [0.29, 0.717) is 13.2 Å². The van der Waals surface area contributed by atoms with Gasteiger partial charge in [0.15, 0.2) is 5.78 Å². The van der Waals surface area contributed by atoms with Crippen molar-refractivity contribution in [2.45, 2.75) is 39.9 Å². The first-order valence-electron chi connectivity index (χ1n) is 7.02. The quantitative estimate of drug-likeness (QED) is 0.494. The van der Waals surface area contributed by atoms with Gasteiger partial charge in [0.1, 0.15) is 0 Å². The van der Waals surface area contributed by atoms with Gasteiger partial charge in [-0.15, -0.1) is 0 Å². The molecule has 0 aliphatic heterocycles. The molecule has 3 nitrogen and oxygen atoms in total. The summed E-state index contributed by atoms with van der Waals surface area (Å²) in [4.78, 5) is 12.6. The Hall–Kier alpha value is -0.190. The molecule has 0 radical (unpaired) electrons. The third kappa shape index (κ3) is 5.50. The monoisotopic (exact) mass is 346 g/mol. The number of Topliss-reactive ketones (excluding diaryl/α,β-unsaturated/α-hetero) is 1. The highest BCUT2D eigenvalue weighted by molar-refractivity contribution is 8.68. The number of carbonyl (C=O) groups excluding carboxylic acids is 1. The Morgan fingerprint density at radius 1 is 1.29 bits per heavy atom.